The van der Waals surface area contributed by atoms with E-state index in [2.05, 4.69) is 46.7 Å². The molecule has 1 N–H and O–H groups in total. The third-order valence-corrected chi connectivity index (χ3v) is 2.77. The molecule has 1 aromatic carbocycles. The first-order valence-corrected chi connectivity index (χ1v) is 5.38. The van der Waals surface area contributed by atoms with Crippen molar-refractivity contribution in [2.75, 3.05) is 5.32 Å². The SMILES string of the molecule is C1=C\c2cccnc2CNc2ccccc2/1. The zero-order valence-electron chi connectivity index (χ0n) is 8.85. The minimum absolute atomic E-state index is 0.775. The summed E-state index contributed by atoms with van der Waals surface area (Å²) in [5.74, 6) is 0. The van der Waals surface area contributed by atoms with Gasteiger partial charge in [0.2, 0.25) is 0 Å². The van der Waals surface area contributed by atoms with Gasteiger partial charge in [0.25, 0.3) is 0 Å². The van der Waals surface area contributed by atoms with E-state index >= 15 is 0 Å². The fraction of sp³-hybridized carbons (Fsp3) is 0.0714. The lowest BCUT2D eigenvalue weighted by Crippen LogP contribution is -2.06. The maximum atomic E-state index is 4.38. The van der Waals surface area contributed by atoms with Crippen molar-refractivity contribution < 1.29 is 0 Å². The molecule has 16 heavy (non-hydrogen) atoms. The summed E-state index contributed by atoms with van der Waals surface area (Å²) in [7, 11) is 0. The van der Waals surface area contributed by atoms with E-state index in [0.717, 1.165) is 17.9 Å². The number of fused-ring (bicyclic) bond motifs is 2. The van der Waals surface area contributed by atoms with Crippen molar-refractivity contribution in [2.24, 2.45) is 0 Å². The van der Waals surface area contributed by atoms with E-state index in [9.17, 15) is 0 Å². The van der Waals surface area contributed by atoms with Crippen LogP contribution in [0.5, 0.6) is 0 Å². The number of pyridine rings is 1. The summed E-state index contributed by atoms with van der Waals surface area (Å²) in [6, 6.07) is 12.4. The Morgan fingerprint density at radius 3 is 2.75 bits per heavy atom. The highest BCUT2D eigenvalue weighted by Crippen LogP contribution is 2.22. The van der Waals surface area contributed by atoms with Gasteiger partial charge in [-0.2, -0.15) is 0 Å². The van der Waals surface area contributed by atoms with Crippen LogP contribution in [0.2, 0.25) is 0 Å². The maximum absolute atomic E-state index is 4.38. The second kappa shape index (κ2) is 3.81. The predicted octanol–water partition coefficient (Wildman–Crippen LogP) is 3.18. The van der Waals surface area contributed by atoms with Crippen LogP contribution in [0.25, 0.3) is 12.2 Å². The molecular formula is C14H12N2. The number of nitrogens with zero attached hydrogens (tertiary/aromatic N) is 1. The summed E-state index contributed by atoms with van der Waals surface area (Å²) in [6.07, 6.45) is 6.09. The zero-order valence-corrected chi connectivity index (χ0v) is 8.85. The summed E-state index contributed by atoms with van der Waals surface area (Å²) in [4.78, 5) is 4.38. The molecule has 0 saturated carbocycles. The second-order valence-corrected chi connectivity index (χ2v) is 3.81. The smallest absolute Gasteiger partial charge is 0.0666 e. The van der Waals surface area contributed by atoms with Crippen LogP contribution < -0.4 is 5.32 Å². The number of hydrogen-bond acceptors (Lipinski definition) is 2. The molecule has 2 heteroatoms. The van der Waals surface area contributed by atoms with Crippen molar-refractivity contribution in [3.8, 4) is 0 Å². The lowest BCUT2D eigenvalue weighted by atomic mass is 10.1. The first kappa shape index (κ1) is 9.16. The summed E-state index contributed by atoms with van der Waals surface area (Å²) in [5, 5.41) is 3.41. The Balaban J connectivity index is 2.10. The third kappa shape index (κ3) is 1.58. The molecule has 0 fully saturated rings. The van der Waals surface area contributed by atoms with Gasteiger partial charge in [0.05, 0.1) is 12.2 Å². The van der Waals surface area contributed by atoms with Gasteiger partial charge >= 0.3 is 0 Å². The Morgan fingerprint density at radius 1 is 0.938 bits per heavy atom. The highest BCUT2D eigenvalue weighted by molar-refractivity contribution is 5.78. The number of nitrogens with one attached hydrogen (secondary N) is 1. The van der Waals surface area contributed by atoms with Gasteiger partial charge in [-0.3, -0.25) is 4.98 Å². The molecule has 0 saturated heterocycles. The zero-order chi connectivity index (χ0) is 10.8. The molecule has 0 radical (unpaired) electrons. The summed E-state index contributed by atoms with van der Waals surface area (Å²) in [6.45, 7) is 0.775. The Morgan fingerprint density at radius 2 is 1.75 bits per heavy atom. The van der Waals surface area contributed by atoms with Crippen molar-refractivity contribution in [2.45, 2.75) is 6.54 Å². The van der Waals surface area contributed by atoms with E-state index in [1.807, 2.05) is 18.3 Å². The number of rotatable bonds is 0. The third-order valence-electron chi connectivity index (χ3n) is 2.77. The van der Waals surface area contributed by atoms with E-state index in [1.165, 1.54) is 11.1 Å². The fourth-order valence-electron chi connectivity index (χ4n) is 1.91. The molecular weight excluding hydrogens is 196 g/mol. The first-order chi connectivity index (χ1) is 7.93. The summed E-state index contributed by atoms with van der Waals surface area (Å²) in [5.41, 5.74) is 4.66. The highest BCUT2D eigenvalue weighted by Gasteiger charge is 2.05. The largest absolute Gasteiger partial charge is 0.379 e. The molecule has 0 bridgehead atoms. The number of anilines is 1. The van der Waals surface area contributed by atoms with Crippen LogP contribution in [-0.4, -0.2) is 4.98 Å². The normalized spacial score (nSPS) is 15.0. The molecule has 1 aromatic heterocycles. The van der Waals surface area contributed by atoms with Gasteiger partial charge in [0.1, 0.15) is 0 Å². The Labute approximate surface area is 94.7 Å². The highest BCUT2D eigenvalue weighted by atomic mass is 14.9. The van der Waals surface area contributed by atoms with Crippen molar-refractivity contribution >= 4 is 17.8 Å². The predicted molar refractivity (Wildman–Crippen MR) is 66.9 cm³/mol. The number of para-hydroxylation sites is 1. The monoisotopic (exact) mass is 208 g/mol. The second-order valence-electron chi connectivity index (χ2n) is 3.81. The van der Waals surface area contributed by atoms with Gasteiger partial charge < -0.3 is 5.32 Å². The summed E-state index contributed by atoms with van der Waals surface area (Å²) >= 11 is 0. The number of aromatic nitrogens is 1. The fourth-order valence-corrected chi connectivity index (χ4v) is 1.91. The van der Waals surface area contributed by atoms with E-state index < -0.39 is 0 Å². The van der Waals surface area contributed by atoms with Crippen LogP contribution in [0.15, 0.2) is 42.6 Å². The van der Waals surface area contributed by atoms with Gasteiger partial charge in [0.15, 0.2) is 0 Å². The van der Waals surface area contributed by atoms with Gasteiger partial charge in [-0.1, -0.05) is 36.4 Å². The Bertz CT molecular complexity index is 494. The van der Waals surface area contributed by atoms with Crippen LogP contribution in [0.4, 0.5) is 5.69 Å². The van der Waals surface area contributed by atoms with Crippen molar-refractivity contribution in [3.05, 3.63) is 59.4 Å². The molecule has 0 amide bonds. The van der Waals surface area contributed by atoms with Gasteiger partial charge in [-0.15, -0.1) is 0 Å². The van der Waals surface area contributed by atoms with Crippen molar-refractivity contribution in [1.82, 2.24) is 4.98 Å². The number of benzene rings is 1. The Kier molecular flexibility index (Phi) is 2.18. The van der Waals surface area contributed by atoms with Crippen molar-refractivity contribution in [1.29, 1.82) is 0 Å². The summed E-state index contributed by atoms with van der Waals surface area (Å²) < 4.78 is 0. The minimum Gasteiger partial charge on any atom is -0.379 e. The maximum Gasteiger partial charge on any atom is 0.0666 e. The molecule has 0 atom stereocenters. The van der Waals surface area contributed by atoms with Crippen LogP contribution in [0.3, 0.4) is 0 Å². The first-order valence-electron chi connectivity index (χ1n) is 5.38. The molecule has 1 aliphatic rings. The van der Waals surface area contributed by atoms with E-state index in [0.29, 0.717) is 0 Å². The van der Waals surface area contributed by atoms with E-state index in [4.69, 9.17) is 0 Å². The molecule has 78 valence electrons. The van der Waals surface area contributed by atoms with Crippen LogP contribution in [0.1, 0.15) is 16.8 Å². The van der Waals surface area contributed by atoms with Crippen LogP contribution >= 0.6 is 0 Å². The molecule has 2 heterocycles. The average molecular weight is 208 g/mol. The Hall–Kier alpha value is -2.09. The quantitative estimate of drug-likeness (QED) is 0.719. The van der Waals surface area contributed by atoms with E-state index in [-0.39, 0.29) is 0 Å². The standard InChI is InChI=1S/C14H12N2/c1-2-6-13-11(4-1)7-8-12-5-3-9-15-14(12)10-16-13/h1-9,16H,10H2/b8-7-. The van der Waals surface area contributed by atoms with Crippen molar-refractivity contribution in [3.63, 3.8) is 0 Å². The number of hydrogen-bond donors (Lipinski definition) is 1. The van der Waals surface area contributed by atoms with Crippen LogP contribution in [0, 0.1) is 0 Å². The van der Waals surface area contributed by atoms with Gasteiger partial charge in [-0.25, -0.2) is 0 Å². The molecule has 3 rings (SSSR count). The van der Waals surface area contributed by atoms with Gasteiger partial charge in [-0.05, 0) is 23.3 Å². The van der Waals surface area contributed by atoms with Gasteiger partial charge in [0, 0.05) is 11.9 Å². The minimum atomic E-state index is 0.775. The lowest BCUT2D eigenvalue weighted by Gasteiger charge is -2.13. The average Bonchev–Trinajstić information content (AvgIpc) is 2.32. The lowest BCUT2D eigenvalue weighted by molar-refractivity contribution is 1.04. The molecule has 1 aliphatic heterocycles. The molecule has 2 nitrogen and oxygen atoms in total. The molecule has 0 spiro atoms. The van der Waals surface area contributed by atoms with Crippen LogP contribution in [-0.2, 0) is 6.54 Å². The molecule has 0 aliphatic carbocycles. The topological polar surface area (TPSA) is 24.9 Å². The molecule has 0 unspecified atom stereocenters. The molecule has 2 aromatic rings. The van der Waals surface area contributed by atoms with E-state index in [1.54, 1.807) is 0 Å².